The van der Waals surface area contributed by atoms with Crippen LogP contribution in [-0.2, 0) is 11.0 Å². The molecule has 9 heteroatoms. The summed E-state index contributed by atoms with van der Waals surface area (Å²) in [5.74, 6) is -0.776. The molecule has 0 aliphatic heterocycles. The maximum atomic E-state index is 12.5. The number of hydrogen-bond acceptors (Lipinski definition) is 6. The van der Waals surface area contributed by atoms with Gasteiger partial charge in [0.2, 0.25) is 0 Å². The lowest BCUT2D eigenvalue weighted by atomic mass is 10.1. The maximum absolute atomic E-state index is 12.5. The van der Waals surface area contributed by atoms with E-state index in [-0.39, 0.29) is 5.82 Å². The van der Waals surface area contributed by atoms with E-state index in [1.807, 2.05) is 6.92 Å². The van der Waals surface area contributed by atoms with Gasteiger partial charge in [-0.1, -0.05) is 6.92 Å². The highest BCUT2D eigenvalue weighted by atomic mass is 19.4. The molecule has 0 spiro atoms. The molecule has 0 radical (unpaired) electrons. The number of carbonyl (C=O) groups excluding carboxylic acids is 1. The Kier molecular flexibility index (Phi) is 6.16. The molecule has 1 aromatic carbocycles. The van der Waals surface area contributed by atoms with Gasteiger partial charge < -0.3 is 14.6 Å². The van der Waals surface area contributed by atoms with Crippen molar-refractivity contribution in [3.05, 3.63) is 53.7 Å². The summed E-state index contributed by atoms with van der Waals surface area (Å²) in [5, 5.41) is 14.5. The Morgan fingerprint density at radius 2 is 1.92 bits per heavy atom. The van der Waals surface area contributed by atoms with Crippen molar-refractivity contribution < 1.29 is 27.8 Å². The van der Waals surface area contributed by atoms with Gasteiger partial charge in [-0.25, -0.2) is 4.98 Å². The average Bonchev–Trinajstić information content (AvgIpc) is 2.61. The molecule has 0 unspecified atom stereocenters. The molecule has 0 amide bonds. The summed E-state index contributed by atoms with van der Waals surface area (Å²) < 4.78 is 42.5. The van der Waals surface area contributed by atoms with Gasteiger partial charge in [0.05, 0.1) is 17.2 Å². The zero-order valence-electron chi connectivity index (χ0n) is 13.7. The molecule has 0 saturated heterocycles. The third-order valence-corrected chi connectivity index (χ3v) is 3.28. The van der Waals surface area contributed by atoms with Gasteiger partial charge in [0, 0.05) is 6.20 Å². The first-order valence-corrected chi connectivity index (χ1v) is 7.58. The maximum Gasteiger partial charge on any atom is 0.417 e. The number of ether oxygens (including phenoxy) is 1. The third kappa shape index (κ3) is 5.47. The van der Waals surface area contributed by atoms with Crippen LogP contribution >= 0.6 is 0 Å². The zero-order chi connectivity index (χ0) is 19.2. The summed E-state index contributed by atoms with van der Waals surface area (Å²) in [4.78, 5) is 14.0. The number of hydrazone groups is 1. The molecule has 0 aliphatic rings. The predicted molar refractivity (Wildman–Crippen MR) is 86.6 cm³/mol. The first-order valence-electron chi connectivity index (χ1n) is 7.58. The van der Waals surface area contributed by atoms with Crippen LogP contribution in [0.4, 0.5) is 19.0 Å². The number of halogens is 3. The number of hydrogen-bond donors (Lipinski definition) is 1. The van der Waals surface area contributed by atoms with E-state index in [0.717, 1.165) is 17.8 Å². The molecule has 1 heterocycles. The number of carbonyl (C=O) groups is 1. The van der Waals surface area contributed by atoms with E-state index in [0.29, 0.717) is 17.9 Å². The van der Waals surface area contributed by atoms with Gasteiger partial charge in [-0.2, -0.15) is 18.3 Å². The molecule has 0 fully saturated rings. The molecule has 1 aromatic heterocycles. The van der Waals surface area contributed by atoms with Crippen LogP contribution in [0.25, 0.3) is 0 Å². The summed E-state index contributed by atoms with van der Waals surface area (Å²) in [6, 6.07) is 8.65. The minimum Gasteiger partial charge on any atom is -0.546 e. The zero-order valence-corrected chi connectivity index (χ0v) is 13.7. The Morgan fingerprint density at radius 3 is 2.42 bits per heavy atom. The Bertz CT molecular complexity index is 773. The highest BCUT2D eigenvalue weighted by molar-refractivity contribution is 6.00. The second-order valence-electron chi connectivity index (χ2n) is 5.14. The first kappa shape index (κ1) is 19.2. The van der Waals surface area contributed by atoms with Crippen LogP contribution in [0.1, 0.15) is 24.5 Å². The lowest BCUT2D eigenvalue weighted by molar-refractivity contribution is -0.307. The molecule has 0 saturated carbocycles. The molecule has 0 bridgehead atoms. The van der Waals surface area contributed by atoms with Gasteiger partial charge in [-0.3, -0.25) is 5.43 Å². The Hall–Kier alpha value is -3.10. The van der Waals surface area contributed by atoms with Crippen LogP contribution < -0.4 is 15.3 Å². The van der Waals surface area contributed by atoms with E-state index < -0.39 is 24.3 Å². The molecule has 2 rings (SSSR count). The summed E-state index contributed by atoms with van der Waals surface area (Å²) in [6.07, 6.45) is -3.16. The van der Waals surface area contributed by atoms with Gasteiger partial charge in [-0.15, -0.1) is 0 Å². The highest BCUT2D eigenvalue weighted by Gasteiger charge is 2.30. The molecular formula is C17H15F3N3O3-. The summed E-state index contributed by atoms with van der Waals surface area (Å²) in [6.45, 7) is 1.32. The Labute approximate surface area is 147 Å². The minimum atomic E-state index is -4.44. The normalized spacial score (nSPS) is 11.9. The van der Waals surface area contributed by atoms with E-state index >= 15 is 0 Å². The van der Waals surface area contributed by atoms with Gasteiger partial charge in [0.15, 0.2) is 0 Å². The van der Waals surface area contributed by atoms with Gasteiger partial charge in [0.1, 0.15) is 18.2 Å². The van der Waals surface area contributed by atoms with E-state index in [4.69, 9.17) is 4.74 Å². The third-order valence-electron chi connectivity index (χ3n) is 3.28. The van der Waals surface area contributed by atoms with Crippen LogP contribution in [0.15, 0.2) is 47.7 Å². The van der Waals surface area contributed by atoms with Crippen molar-refractivity contribution in [3.63, 3.8) is 0 Å². The second-order valence-corrected chi connectivity index (χ2v) is 5.14. The number of aromatic nitrogens is 1. The predicted octanol–water partition coefficient (Wildman–Crippen LogP) is 2.46. The molecule has 1 N–H and O–H groups in total. The lowest BCUT2D eigenvalue weighted by Gasteiger charge is -2.09. The molecule has 26 heavy (non-hydrogen) atoms. The first-order chi connectivity index (χ1) is 12.3. The van der Waals surface area contributed by atoms with Crippen molar-refractivity contribution in [2.75, 3.05) is 12.0 Å². The Morgan fingerprint density at radius 1 is 1.23 bits per heavy atom. The number of nitrogens with one attached hydrogen (secondary N) is 1. The van der Waals surface area contributed by atoms with Crippen molar-refractivity contribution in [3.8, 4) is 5.75 Å². The number of aliphatic carboxylic acids is 1. The second kappa shape index (κ2) is 8.32. The van der Waals surface area contributed by atoms with E-state index in [2.05, 4.69) is 15.5 Å². The minimum absolute atomic E-state index is 0.179. The highest BCUT2D eigenvalue weighted by Crippen LogP contribution is 2.28. The molecule has 2 aromatic rings. The van der Waals surface area contributed by atoms with Gasteiger partial charge in [0.25, 0.3) is 0 Å². The van der Waals surface area contributed by atoms with Crippen molar-refractivity contribution in [1.29, 1.82) is 0 Å². The fourth-order valence-corrected chi connectivity index (χ4v) is 1.99. The monoisotopic (exact) mass is 366 g/mol. The van der Waals surface area contributed by atoms with Gasteiger partial charge in [-0.05, 0) is 48.4 Å². The number of rotatable bonds is 7. The fraction of sp³-hybridized carbons (Fsp3) is 0.235. The van der Waals surface area contributed by atoms with E-state index in [1.54, 1.807) is 24.3 Å². The number of alkyl halides is 3. The topological polar surface area (TPSA) is 86.6 Å². The molecule has 6 nitrogen and oxygen atoms in total. The largest absolute Gasteiger partial charge is 0.546 e. The van der Waals surface area contributed by atoms with Crippen LogP contribution in [0.3, 0.4) is 0 Å². The van der Waals surface area contributed by atoms with E-state index in [1.165, 1.54) is 6.07 Å². The van der Waals surface area contributed by atoms with Crippen molar-refractivity contribution >= 4 is 17.5 Å². The van der Waals surface area contributed by atoms with Crippen LogP contribution in [0.2, 0.25) is 0 Å². The Balaban J connectivity index is 2.06. The summed E-state index contributed by atoms with van der Waals surface area (Å²) in [7, 11) is 0. The standard InChI is InChI=1S/C17H16F3N3O3/c1-2-14(11-3-6-13(7-4-11)26-10-16(24)25)22-23-15-8-5-12(9-21-15)17(18,19)20/h3-9H,2,10H2,1H3,(H,21,23)(H,24,25)/p-1/b22-14-. The molecule has 0 atom stereocenters. The molecule has 0 aliphatic carbocycles. The van der Waals surface area contributed by atoms with Crippen molar-refractivity contribution in [2.45, 2.75) is 19.5 Å². The number of anilines is 1. The summed E-state index contributed by atoms with van der Waals surface area (Å²) in [5.41, 5.74) is 3.16. The van der Waals surface area contributed by atoms with Crippen molar-refractivity contribution in [1.82, 2.24) is 4.98 Å². The van der Waals surface area contributed by atoms with Crippen molar-refractivity contribution in [2.24, 2.45) is 5.10 Å². The van der Waals surface area contributed by atoms with Crippen LogP contribution in [0, 0.1) is 0 Å². The number of carboxylic acid groups (broad SMARTS) is 1. The molecule has 138 valence electrons. The average molecular weight is 366 g/mol. The fourth-order valence-electron chi connectivity index (χ4n) is 1.99. The number of nitrogens with zero attached hydrogens (tertiary/aromatic N) is 2. The summed E-state index contributed by atoms with van der Waals surface area (Å²) >= 11 is 0. The van der Waals surface area contributed by atoms with E-state index in [9.17, 15) is 23.1 Å². The van der Waals surface area contributed by atoms with Gasteiger partial charge >= 0.3 is 6.18 Å². The number of benzene rings is 1. The smallest absolute Gasteiger partial charge is 0.417 e. The number of carboxylic acids is 1. The van der Waals surface area contributed by atoms with Crippen LogP contribution in [0.5, 0.6) is 5.75 Å². The lowest BCUT2D eigenvalue weighted by Crippen LogP contribution is -2.28. The molecular weight excluding hydrogens is 351 g/mol. The van der Waals surface area contributed by atoms with Crippen LogP contribution in [-0.4, -0.2) is 23.3 Å². The SMILES string of the molecule is CC/C(=N/Nc1ccc(C(F)(F)F)cn1)c1ccc(OCC(=O)[O-])cc1. The quantitative estimate of drug-likeness (QED) is 0.601. The number of pyridine rings is 1.